The van der Waals surface area contributed by atoms with E-state index < -0.39 is 17.9 Å². The first-order valence-electron chi connectivity index (χ1n) is 8.01. The zero-order valence-corrected chi connectivity index (χ0v) is 15.1. The van der Waals surface area contributed by atoms with Crippen LogP contribution in [0, 0.1) is 5.92 Å². The van der Waals surface area contributed by atoms with Gasteiger partial charge in [-0.05, 0) is 23.6 Å². The van der Waals surface area contributed by atoms with Crippen LogP contribution >= 0.6 is 11.6 Å². The lowest BCUT2D eigenvalue weighted by Crippen LogP contribution is -2.30. The first kappa shape index (κ1) is 20.3. The van der Waals surface area contributed by atoms with Gasteiger partial charge in [-0.1, -0.05) is 37.6 Å². The summed E-state index contributed by atoms with van der Waals surface area (Å²) in [5.41, 5.74) is -0.222. The minimum atomic E-state index is -4.61. The molecule has 2 aromatic rings. The summed E-state index contributed by atoms with van der Waals surface area (Å²) in [6.45, 7) is 3.70. The van der Waals surface area contributed by atoms with Gasteiger partial charge in [0.05, 0.1) is 12.6 Å². The van der Waals surface area contributed by atoms with E-state index in [1.807, 2.05) is 13.8 Å². The highest BCUT2D eigenvalue weighted by atomic mass is 35.5. The molecule has 0 radical (unpaired) electrons. The molecule has 2 rings (SSSR count). The topological polar surface area (TPSA) is 70.1 Å². The first-order valence-corrected chi connectivity index (χ1v) is 8.39. The second kappa shape index (κ2) is 8.55. The Labute approximate surface area is 154 Å². The fourth-order valence-electron chi connectivity index (χ4n) is 2.13. The van der Waals surface area contributed by atoms with Crippen LogP contribution < -0.4 is 10.6 Å². The Bertz CT molecular complexity index is 723. The Morgan fingerprint density at radius 3 is 2.35 bits per heavy atom. The maximum absolute atomic E-state index is 13.1. The van der Waals surface area contributed by atoms with Gasteiger partial charge in [0.25, 0.3) is 0 Å². The van der Waals surface area contributed by atoms with Gasteiger partial charge in [-0.3, -0.25) is 0 Å². The monoisotopic (exact) mass is 388 g/mol. The molecule has 142 valence electrons. The lowest BCUT2D eigenvalue weighted by molar-refractivity contribution is -0.141. The zero-order valence-electron chi connectivity index (χ0n) is 14.3. The summed E-state index contributed by atoms with van der Waals surface area (Å²) >= 11 is 5.81. The molecule has 0 aliphatic carbocycles. The van der Waals surface area contributed by atoms with Crippen molar-refractivity contribution in [1.82, 2.24) is 9.97 Å². The molecule has 1 atom stereocenters. The van der Waals surface area contributed by atoms with Crippen molar-refractivity contribution in [3.63, 3.8) is 0 Å². The number of aliphatic hydroxyl groups is 1. The van der Waals surface area contributed by atoms with Crippen LogP contribution in [0.25, 0.3) is 0 Å². The van der Waals surface area contributed by atoms with Crippen molar-refractivity contribution in [1.29, 1.82) is 0 Å². The zero-order chi connectivity index (χ0) is 19.3. The summed E-state index contributed by atoms with van der Waals surface area (Å²) in [4.78, 5) is 7.60. The molecule has 0 saturated carbocycles. The molecule has 0 unspecified atom stereocenters. The van der Waals surface area contributed by atoms with Crippen LogP contribution in [0.15, 0.2) is 30.3 Å². The highest BCUT2D eigenvalue weighted by Gasteiger charge is 2.34. The van der Waals surface area contributed by atoms with Crippen molar-refractivity contribution in [2.75, 3.05) is 17.2 Å². The van der Waals surface area contributed by atoms with Crippen molar-refractivity contribution in [2.45, 2.75) is 32.6 Å². The third-order valence-electron chi connectivity index (χ3n) is 3.72. The number of aromatic nitrogens is 2. The molecule has 0 aliphatic rings. The summed E-state index contributed by atoms with van der Waals surface area (Å²) in [6, 6.07) is 7.32. The fourth-order valence-corrected chi connectivity index (χ4v) is 2.26. The molecule has 0 fully saturated rings. The maximum atomic E-state index is 13.1. The van der Waals surface area contributed by atoms with Crippen LogP contribution in [0.3, 0.4) is 0 Å². The molecule has 0 bridgehead atoms. The third-order valence-corrected chi connectivity index (χ3v) is 3.97. The van der Waals surface area contributed by atoms with E-state index in [1.165, 1.54) is 0 Å². The van der Waals surface area contributed by atoms with Crippen LogP contribution in [0.5, 0.6) is 0 Å². The summed E-state index contributed by atoms with van der Waals surface area (Å²) in [6.07, 6.45) is -4.61. The molecule has 9 heteroatoms. The van der Waals surface area contributed by atoms with Crippen LogP contribution in [0.4, 0.5) is 24.9 Å². The Hall–Kier alpha value is -2.06. The van der Waals surface area contributed by atoms with E-state index in [2.05, 4.69) is 20.6 Å². The van der Waals surface area contributed by atoms with Crippen molar-refractivity contribution < 1.29 is 18.3 Å². The number of hydrogen-bond donors (Lipinski definition) is 3. The number of aliphatic hydroxyl groups excluding tert-OH is 1. The van der Waals surface area contributed by atoms with Crippen LogP contribution in [0.2, 0.25) is 5.02 Å². The summed E-state index contributed by atoms with van der Waals surface area (Å²) in [5, 5.41) is 15.6. The number of nitrogens with zero attached hydrogens (tertiary/aromatic N) is 2. The van der Waals surface area contributed by atoms with Crippen LogP contribution in [-0.2, 0) is 12.7 Å². The van der Waals surface area contributed by atoms with Crippen molar-refractivity contribution in [3.8, 4) is 0 Å². The maximum Gasteiger partial charge on any atom is 0.433 e. The van der Waals surface area contributed by atoms with Gasteiger partial charge in [0.2, 0.25) is 5.95 Å². The molecular weight excluding hydrogens is 369 g/mol. The number of benzene rings is 1. The molecule has 0 spiro atoms. The average Bonchev–Trinajstić information content (AvgIpc) is 2.58. The molecule has 1 heterocycles. The quantitative estimate of drug-likeness (QED) is 0.663. The van der Waals surface area contributed by atoms with Gasteiger partial charge in [0.1, 0.15) is 5.82 Å². The Kier molecular flexibility index (Phi) is 6.66. The van der Waals surface area contributed by atoms with Gasteiger partial charge in [0.15, 0.2) is 5.69 Å². The number of alkyl halides is 3. The third kappa shape index (κ3) is 5.74. The van der Waals surface area contributed by atoms with E-state index >= 15 is 0 Å². The van der Waals surface area contributed by atoms with Gasteiger partial charge in [-0.15, -0.1) is 0 Å². The Morgan fingerprint density at radius 2 is 1.81 bits per heavy atom. The SMILES string of the molecule is CC(C)[C@@H](CO)Nc1nc(NCc2ccc(Cl)cc2)cc(C(F)(F)F)n1. The Balaban J connectivity index is 2.23. The number of nitrogens with one attached hydrogen (secondary N) is 2. The standard InChI is InChI=1S/C17H20ClF3N4O/c1-10(2)13(9-26)23-16-24-14(17(19,20)21)7-15(25-16)22-8-11-3-5-12(18)6-4-11/h3-7,10,13,26H,8-9H2,1-2H3,(H2,22,23,24,25)/t13-/m1/s1. The Morgan fingerprint density at radius 1 is 1.15 bits per heavy atom. The lowest BCUT2D eigenvalue weighted by Gasteiger charge is -2.21. The normalized spacial score (nSPS) is 12.9. The molecule has 0 aliphatic heterocycles. The second-order valence-electron chi connectivity index (χ2n) is 6.12. The molecule has 0 amide bonds. The fraction of sp³-hybridized carbons (Fsp3) is 0.412. The smallest absolute Gasteiger partial charge is 0.394 e. The molecule has 1 aromatic heterocycles. The number of halogens is 4. The molecule has 26 heavy (non-hydrogen) atoms. The molecule has 1 aromatic carbocycles. The number of hydrogen-bond acceptors (Lipinski definition) is 5. The predicted molar refractivity (Wildman–Crippen MR) is 95.1 cm³/mol. The second-order valence-corrected chi connectivity index (χ2v) is 6.55. The molecular formula is C17H20ClF3N4O. The van der Waals surface area contributed by atoms with E-state index in [-0.39, 0.29) is 30.8 Å². The molecule has 3 N–H and O–H groups in total. The van der Waals surface area contributed by atoms with Crippen molar-refractivity contribution in [3.05, 3.63) is 46.6 Å². The van der Waals surface area contributed by atoms with Crippen molar-refractivity contribution >= 4 is 23.4 Å². The van der Waals surface area contributed by atoms with E-state index in [1.54, 1.807) is 24.3 Å². The predicted octanol–water partition coefficient (Wildman–Crippen LogP) is 4.19. The van der Waals surface area contributed by atoms with Crippen molar-refractivity contribution in [2.24, 2.45) is 5.92 Å². The van der Waals surface area contributed by atoms with Gasteiger partial charge >= 0.3 is 6.18 Å². The lowest BCUT2D eigenvalue weighted by atomic mass is 10.1. The van der Waals surface area contributed by atoms with Gasteiger partial charge in [-0.25, -0.2) is 4.98 Å². The first-order chi connectivity index (χ1) is 12.2. The minimum absolute atomic E-state index is 0.0105. The van der Waals surface area contributed by atoms with Gasteiger partial charge in [0, 0.05) is 17.6 Å². The summed E-state index contributed by atoms with van der Waals surface area (Å²) in [5.74, 6) is -0.167. The van der Waals surface area contributed by atoms with Crippen LogP contribution in [-0.4, -0.2) is 27.7 Å². The van der Waals surface area contributed by atoms with Gasteiger partial charge < -0.3 is 15.7 Å². The summed E-state index contributed by atoms with van der Waals surface area (Å²) < 4.78 is 39.4. The largest absolute Gasteiger partial charge is 0.433 e. The van der Waals surface area contributed by atoms with Crippen LogP contribution in [0.1, 0.15) is 25.1 Å². The molecule has 0 saturated heterocycles. The molecule has 5 nitrogen and oxygen atoms in total. The highest BCUT2D eigenvalue weighted by molar-refractivity contribution is 6.30. The summed E-state index contributed by atoms with van der Waals surface area (Å²) in [7, 11) is 0. The van der Waals surface area contributed by atoms with E-state index in [4.69, 9.17) is 11.6 Å². The van der Waals surface area contributed by atoms with E-state index in [0.29, 0.717) is 5.02 Å². The highest BCUT2D eigenvalue weighted by Crippen LogP contribution is 2.30. The van der Waals surface area contributed by atoms with E-state index in [9.17, 15) is 18.3 Å². The number of anilines is 2. The number of rotatable bonds is 7. The average molecular weight is 389 g/mol. The minimum Gasteiger partial charge on any atom is -0.394 e. The van der Waals surface area contributed by atoms with Gasteiger partial charge in [-0.2, -0.15) is 18.2 Å². The van der Waals surface area contributed by atoms with E-state index in [0.717, 1.165) is 11.6 Å².